The molecule has 4 aromatic rings. The molecule has 0 saturated carbocycles. The molecule has 4 rings (SSSR count). The molecule has 1 aromatic heterocycles. The average Bonchev–Trinajstić information content (AvgIpc) is 3.23. The van der Waals surface area contributed by atoms with Crippen LogP contribution in [0.5, 0.6) is 0 Å². The molecule has 3 aromatic carbocycles. The van der Waals surface area contributed by atoms with Gasteiger partial charge in [-0.05, 0) is 41.8 Å². The summed E-state index contributed by atoms with van der Waals surface area (Å²) in [6, 6.07) is 23.6. The Morgan fingerprint density at radius 1 is 0.969 bits per heavy atom. The maximum absolute atomic E-state index is 13.5. The van der Waals surface area contributed by atoms with Crippen LogP contribution in [0.1, 0.15) is 25.3 Å². The molecule has 1 heterocycles. The predicted octanol–water partition coefficient (Wildman–Crippen LogP) is 5.93. The molecule has 0 aliphatic carbocycles. The fraction of sp³-hybridized carbons (Fsp3) is 0.160. The zero-order valence-corrected chi connectivity index (χ0v) is 18.6. The van der Waals surface area contributed by atoms with Gasteiger partial charge in [-0.2, -0.15) is 0 Å². The highest BCUT2D eigenvalue weighted by Gasteiger charge is 2.18. The number of nitrogens with one attached hydrogen (secondary N) is 1. The summed E-state index contributed by atoms with van der Waals surface area (Å²) in [5.41, 5.74) is 3.51. The molecular weight excluding hydrogens is 423 g/mol. The summed E-state index contributed by atoms with van der Waals surface area (Å²) in [5, 5.41) is 12.2. The molecule has 0 atom stereocenters. The molecule has 7 heteroatoms. The number of para-hydroxylation sites is 1. The van der Waals surface area contributed by atoms with Crippen molar-refractivity contribution in [2.24, 2.45) is 0 Å². The molecule has 162 valence electrons. The van der Waals surface area contributed by atoms with Crippen molar-refractivity contribution in [2.75, 3.05) is 11.1 Å². The van der Waals surface area contributed by atoms with E-state index in [0.717, 1.165) is 22.5 Å². The summed E-state index contributed by atoms with van der Waals surface area (Å²) < 4.78 is 15.3. The second-order valence-electron chi connectivity index (χ2n) is 7.56. The number of carbonyl (C=O) groups excluding carboxylic acids is 1. The van der Waals surface area contributed by atoms with Crippen LogP contribution in [0.15, 0.2) is 84.0 Å². The van der Waals surface area contributed by atoms with Crippen molar-refractivity contribution in [1.29, 1.82) is 0 Å². The quantitative estimate of drug-likeness (QED) is 0.358. The van der Waals surface area contributed by atoms with Crippen LogP contribution in [0.3, 0.4) is 0 Å². The van der Waals surface area contributed by atoms with E-state index >= 15 is 0 Å². The Hall–Kier alpha value is -3.45. The molecule has 1 N–H and O–H groups in total. The van der Waals surface area contributed by atoms with E-state index in [2.05, 4.69) is 29.4 Å². The first-order valence-corrected chi connectivity index (χ1v) is 11.3. The summed E-state index contributed by atoms with van der Waals surface area (Å²) in [5.74, 6) is 0.651. The van der Waals surface area contributed by atoms with Gasteiger partial charge in [0.05, 0.1) is 5.75 Å². The SMILES string of the molecule is CC(C)c1ccccc1NC(=O)CSc1nnc(-c2ccccc2)n1-c1ccc(F)cc1. The molecule has 0 bridgehead atoms. The molecule has 0 aliphatic heterocycles. The highest BCUT2D eigenvalue weighted by atomic mass is 32.2. The normalized spacial score (nSPS) is 11.0. The highest BCUT2D eigenvalue weighted by molar-refractivity contribution is 7.99. The fourth-order valence-corrected chi connectivity index (χ4v) is 4.14. The summed E-state index contributed by atoms with van der Waals surface area (Å²) >= 11 is 1.29. The maximum atomic E-state index is 13.5. The first-order valence-electron chi connectivity index (χ1n) is 10.3. The molecule has 1 amide bonds. The van der Waals surface area contributed by atoms with Crippen molar-refractivity contribution < 1.29 is 9.18 Å². The molecule has 5 nitrogen and oxygen atoms in total. The van der Waals surface area contributed by atoms with E-state index in [-0.39, 0.29) is 17.5 Å². The first kappa shape index (κ1) is 21.8. The Morgan fingerprint density at radius 2 is 1.66 bits per heavy atom. The van der Waals surface area contributed by atoms with E-state index in [0.29, 0.717) is 16.9 Å². The first-order chi connectivity index (χ1) is 15.5. The van der Waals surface area contributed by atoms with Gasteiger partial charge in [0, 0.05) is 16.9 Å². The number of nitrogens with zero attached hydrogens (tertiary/aromatic N) is 3. The number of rotatable bonds is 7. The van der Waals surface area contributed by atoms with Crippen LogP contribution in [0.4, 0.5) is 10.1 Å². The number of amides is 1. The minimum Gasteiger partial charge on any atom is -0.325 e. The number of hydrogen-bond donors (Lipinski definition) is 1. The predicted molar refractivity (Wildman–Crippen MR) is 127 cm³/mol. The molecule has 0 spiro atoms. The van der Waals surface area contributed by atoms with Crippen molar-refractivity contribution in [3.63, 3.8) is 0 Å². The summed E-state index contributed by atoms with van der Waals surface area (Å²) in [6.07, 6.45) is 0. The summed E-state index contributed by atoms with van der Waals surface area (Å²) in [7, 11) is 0. The van der Waals surface area contributed by atoms with Crippen molar-refractivity contribution >= 4 is 23.4 Å². The van der Waals surface area contributed by atoms with Crippen LogP contribution in [0.2, 0.25) is 0 Å². The number of halogens is 1. The van der Waals surface area contributed by atoms with Crippen LogP contribution in [0, 0.1) is 5.82 Å². The number of aromatic nitrogens is 3. The monoisotopic (exact) mass is 446 g/mol. The lowest BCUT2D eigenvalue weighted by Crippen LogP contribution is -2.16. The number of benzene rings is 3. The Bertz CT molecular complexity index is 1210. The number of carbonyl (C=O) groups is 1. The summed E-state index contributed by atoms with van der Waals surface area (Å²) in [4.78, 5) is 12.7. The van der Waals surface area contributed by atoms with Gasteiger partial charge in [-0.15, -0.1) is 10.2 Å². The van der Waals surface area contributed by atoms with E-state index in [4.69, 9.17) is 0 Å². The third-order valence-corrected chi connectivity index (χ3v) is 5.87. The van der Waals surface area contributed by atoms with Gasteiger partial charge < -0.3 is 5.32 Å². The van der Waals surface area contributed by atoms with Gasteiger partial charge >= 0.3 is 0 Å². The van der Waals surface area contributed by atoms with Gasteiger partial charge in [0.25, 0.3) is 0 Å². The van der Waals surface area contributed by atoms with Crippen molar-refractivity contribution in [3.8, 4) is 17.1 Å². The van der Waals surface area contributed by atoms with E-state index in [1.807, 2.05) is 59.2 Å². The molecule has 0 radical (unpaired) electrons. The average molecular weight is 447 g/mol. The number of hydrogen-bond acceptors (Lipinski definition) is 4. The lowest BCUT2D eigenvalue weighted by Gasteiger charge is -2.14. The highest BCUT2D eigenvalue weighted by Crippen LogP contribution is 2.29. The lowest BCUT2D eigenvalue weighted by atomic mass is 10.0. The second-order valence-corrected chi connectivity index (χ2v) is 8.51. The van der Waals surface area contributed by atoms with Gasteiger partial charge in [-0.1, -0.05) is 74.1 Å². The number of anilines is 1. The smallest absolute Gasteiger partial charge is 0.234 e. The Morgan fingerprint density at radius 3 is 2.38 bits per heavy atom. The zero-order valence-electron chi connectivity index (χ0n) is 17.8. The van der Waals surface area contributed by atoms with Crippen LogP contribution < -0.4 is 5.32 Å². The molecule has 32 heavy (non-hydrogen) atoms. The third kappa shape index (κ3) is 4.89. The largest absolute Gasteiger partial charge is 0.325 e. The van der Waals surface area contributed by atoms with E-state index in [9.17, 15) is 9.18 Å². The van der Waals surface area contributed by atoms with Crippen molar-refractivity contribution in [2.45, 2.75) is 24.9 Å². The Balaban J connectivity index is 1.58. The third-order valence-electron chi connectivity index (χ3n) is 4.94. The minimum atomic E-state index is -0.319. The van der Waals surface area contributed by atoms with Crippen molar-refractivity contribution in [3.05, 3.63) is 90.2 Å². The van der Waals surface area contributed by atoms with E-state index in [1.165, 1.54) is 23.9 Å². The van der Waals surface area contributed by atoms with Gasteiger partial charge in [0.15, 0.2) is 11.0 Å². The van der Waals surface area contributed by atoms with E-state index in [1.54, 1.807) is 12.1 Å². The van der Waals surface area contributed by atoms with Gasteiger partial charge in [-0.25, -0.2) is 4.39 Å². The van der Waals surface area contributed by atoms with E-state index < -0.39 is 0 Å². The maximum Gasteiger partial charge on any atom is 0.234 e. The topological polar surface area (TPSA) is 59.8 Å². The fourth-order valence-electron chi connectivity index (χ4n) is 3.39. The van der Waals surface area contributed by atoms with Crippen LogP contribution >= 0.6 is 11.8 Å². The van der Waals surface area contributed by atoms with Crippen molar-refractivity contribution in [1.82, 2.24) is 14.8 Å². The van der Waals surface area contributed by atoms with Crippen LogP contribution in [0.25, 0.3) is 17.1 Å². The van der Waals surface area contributed by atoms with Gasteiger partial charge in [-0.3, -0.25) is 9.36 Å². The van der Waals surface area contributed by atoms with Crippen LogP contribution in [-0.4, -0.2) is 26.4 Å². The standard InChI is InChI=1S/C25H23FN4OS/c1-17(2)21-10-6-7-11-22(21)27-23(31)16-32-25-29-28-24(18-8-4-3-5-9-18)30(25)20-14-12-19(26)13-15-20/h3-15,17H,16H2,1-2H3,(H,27,31). The molecule has 0 saturated heterocycles. The minimum absolute atomic E-state index is 0.127. The molecular formula is C25H23FN4OS. The molecule has 0 fully saturated rings. The Labute approximate surface area is 190 Å². The summed E-state index contributed by atoms with van der Waals surface area (Å²) in [6.45, 7) is 4.19. The second kappa shape index (κ2) is 9.78. The zero-order chi connectivity index (χ0) is 22.5. The molecule has 0 unspecified atom stereocenters. The Kier molecular flexibility index (Phi) is 6.66. The number of thioether (sulfide) groups is 1. The van der Waals surface area contributed by atoms with Gasteiger partial charge in [0.1, 0.15) is 5.82 Å². The molecule has 0 aliphatic rings. The van der Waals surface area contributed by atoms with Crippen LogP contribution in [-0.2, 0) is 4.79 Å². The van der Waals surface area contributed by atoms with Gasteiger partial charge in [0.2, 0.25) is 5.91 Å². The lowest BCUT2D eigenvalue weighted by molar-refractivity contribution is -0.113.